The summed E-state index contributed by atoms with van der Waals surface area (Å²) in [6, 6.07) is 11.3. The van der Waals surface area contributed by atoms with Gasteiger partial charge in [-0.05, 0) is 90.5 Å². The van der Waals surface area contributed by atoms with Crippen molar-refractivity contribution in [3.63, 3.8) is 0 Å². The molecule has 1 saturated carbocycles. The average Bonchev–Trinajstić information content (AvgIpc) is 3.23. The van der Waals surface area contributed by atoms with Gasteiger partial charge in [-0.15, -0.1) is 0 Å². The van der Waals surface area contributed by atoms with E-state index in [1.807, 2.05) is 0 Å². The third-order valence-corrected chi connectivity index (χ3v) is 6.50. The minimum absolute atomic E-state index is 0.252. The van der Waals surface area contributed by atoms with Gasteiger partial charge >= 0.3 is 0 Å². The van der Waals surface area contributed by atoms with Crippen LogP contribution in [0.2, 0.25) is 0 Å². The van der Waals surface area contributed by atoms with Gasteiger partial charge in [0.05, 0.1) is 12.2 Å². The maximum atomic E-state index is 6.49. The van der Waals surface area contributed by atoms with Gasteiger partial charge in [0, 0.05) is 0 Å². The minimum atomic E-state index is -0.252. The van der Waals surface area contributed by atoms with E-state index in [1.165, 1.54) is 40.3 Å². The molecule has 0 amide bonds. The largest absolute Gasteiger partial charge is 0.371 e. The standard InChI is InChI=1S/C24H26O/c1-24(2,25-15-21-12-16-9-10-18(21)11-16)22-13-19-7-3-5-17-6-4-8-20(14-22)23(17)19/h3-5,7-10,13-14,16,18,21H,6,11-12,15H2,1-2H3. The Bertz CT molecular complexity index is 886. The predicted octanol–water partition coefficient (Wildman–Crippen LogP) is 5.87. The van der Waals surface area contributed by atoms with E-state index in [2.05, 4.69) is 68.5 Å². The van der Waals surface area contributed by atoms with Crippen LogP contribution >= 0.6 is 0 Å². The Kier molecular flexibility index (Phi) is 3.43. The van der Waals surface area contributed by atoms with Crippen LogP contribution in [0.3, 0.4) is 0 Å². The van der Waals surface area contributed by atoms with E-state index in [4.69, 9.17) is 4.74 Å². The van der Waals surface area contributed by atoms with Gasteiger partial charge in [-0.3, -0.25) is 0 Å². The Morgan fingerprint density at radius 2 is 2.04 bits per heavy atom. The lowest BCUT2D eigenvalue weighted by molar-refractivity contribution is -0.0432. The molecular weight excluding hydrogens is 304 g/mol. The van der Waals surface area contributed by atoms with Gasteiger partial charge in [-0.1, -0.05) is 42.5 Å². The molecule has 2 bridgehead atoms. The maximum Gasteiger partial charge on any atom is 0.0875 e. The zero-order valence-corrected chi connectivity index (χ0v) is 15.2. The Hall–Kier alpha value is -1.86. The van der Waals surface area contributed by atoms with Gasteiger partial charge < -0.3 is 4.74 Å². The predicted molar refractivity (Wildman–Crippen MR) is 105 cm³/mol. The van der Waals surface area contributed by atoms with Crippen molar-refractivity contribution in [1.29, 1.82) is 0 Å². The summed E-state index contributed by atoms with van der Waals surface area (Å²) in [5.41, 5.74) is 3.82. The molecule has 1 fully saturated rings. The Labute approximate surface area is 150 Å². The number of benzene rings is 2. The lowest BCUT2D eigenvalue weighted by atomic mass is 9.87. The summed E-state index contributed by atoms with van der Waals surface area (Å²) < 4.78 is 6.49. The molecular formula is C24H26O. The van der Waals surface area contributed by atoms with Gasteiger partial charge in [0.15, 0.2) is 0 Å². The summed E-state index contributed by atoms with van der Waals surface area (Å²) >= 11 is 0. The van der Waals surface area contributed by atoms with Crippen molar-refractivity contribution >= 4 is 16.8 Å². The zero-order chi connectivity index (χ0) is 17.0. The molecule has 25 heavy (non-hydrogen) atoms. The van der Waals surface area contributed by atoms with Crippen LogP contribution in [0.15, 0.2) is 48.6 Å². The van der Waals surface area contributed by atoms with E-state index in [1.54, 1.807) is 0 Å². The molecule has 1 heteroatoms. The molecule has 0 saturated heterocycles. The molecule has 1 nitrogen and oxygen atoms in total. The molecule has 0 aliphatic heterocycles. The van der Waals surface area contributed by atoms with Crippen LogP contribution in [0.4, 0.5) is 0 Å². The van der Waals surface area contributed by atoms with Gasteiger partial charge in [0.1, 0.15) is 0 Å². The quantitative estimate of drug-likeness (QED) is 0.637. The van der Waals surface area contributed by atoms with Crippen LogP contribution in [0.25, 0.3) is 16.8 Å². The van der Waals surface area contributed by atoms with Crippen molar-refractivity contribution in [3.8, 4) is 0 Å². The van der Waals surface area contributed by atoms with E-state index in [0.29, 0.717) is 5.92 Å². The Balaban J connectivity index is 1.43. The van der Waals surface area contributed by atoms with Gasteiger partial charge in [0.2, 0.25) is 0 Å². The number of hydrogen-bond donors (Lipinski definition) is 0. The summed E-state index contributed by atoms with van der Waals surface area (Å²) in [4.78, 5) is 0. The molecule has 3 aliphatic carbocycles. The van der Waals surface area contributed by atoms with E-state index in [9.17, 15) is 0 Å². The third kappa shape index (κ3) is 2.57. The number of ether oxygens (including phenoxy) is 1. The topological polar surface area (TPSA) is 9.23 Å². The second-order valence-corrected chi connectivity index (χ2v) is 8.55. The van der Waals surface area contributed by atoms with E-state index >= 15 is 0 Å². The smallest absolute Gasteiger partial charge is 0.0875 e. The van der Waals surface area contributed by atoms with E-state index in [0.717, 1.165) is 24.9 Å². The molecule has 5 rings (SSSR count). The first kappa shape index (κ1) is 15.4. The summed E-state index contributed by atoms with van der Waals surface area (Å²) in [7, 11) is 0. The summed E-state index contributed by atoms with van der Waals surface area (Å²) in [6.45, 7) is 5.32. The molecule has 2 aromatic carbocycles. The van der Waals surface area contributed by atoms with Crippen molar-refractivity contribution in [2.24, 2.45) is 17.8 Å². The molecule has 0 N–H and O–H groups in total. The number of allylic oxidation sites excluding steroid dienone is 3. The molecule has 0 heterocycles. The van der Waals surface area contributed by atoms with Crippen LogP contribution in [0.5, 0.6) is 0 Å². The number of fused-ring (bicyclic) bond motifs is 2. The van der Waals surface area contributed by atoms with Gasteiger partial charge in [-0.25, -0.2) is 0 Å². The molecule has 0 radical (unpaired) electrons. The SMILES string of the molecule is CC(C)(OCC1CC2C=CC1C2)c1cc2c3c(cccc3c1)CC=C2. The first-order chi connectivity index (χ1) is 12.1. The highest BCUT2D eigenvalue weighted by Crippen LogP contribution is 2.44. The monoisotopic (exact) mass is 330 g/mol. The van der Waals surface area contributed by atoms with Crippen LogP contribution < -0.4 is 0 Å². The van der Waals surface area contributed by atoms with Crippen molar-refractivity contribution in [3.05, 3.63) is 65.3 Å². The van der Waals surface area contributed by atoms with Crippen LogP contribution in [-0.2, 0) is 16.8 Å². The molecule has 0 aromatic heterocycles. The normalized spacial score (nSPS) is 26.7. The lowest BCUT2D eigenvalue weighted by Gasteiger charge is -2.30. The highest BCUT2D eigenvalue weighted by Gasteiger charge is 2.37. The van der Waals surface area contributed by atoms with Crippen molar-refractivity contribution in [2.75, 3.05) is 6.61 Å². The van der Waals surface area contributed by atoms with Crippen LogP contribution in [0.1, 0.15) is 43.4 Å². The number of rotatable bonds is 4. The lowest BCUT2D eigenvalue weighted by Crippen LogP contribution is -2.26. The van der Waals surface area contributed by atoms with Crippen molar-refractivity contribution < 1.29 is 4.74 Å². The maximum absolute atomic E-state index is 6.49. The van der Waals surface area contributed by atoms with Gasteiger partial charge in [-0.2, -0.15) is 0 Å². The number of hydrogen-bond acceptors (Lipinski definition) is 1. The van der Waals surface area contributed by atoms with E-state index in [-0.39, 0.29) is 5.60 Å². The highest BCUT2D eigenvalue weighted by atomic mass is 16.5. The second kappa shape index (κ2) is 5.57. The fourth-order valence-corrected chi connectivity index (χ4v) is 4.99. The second-order valence-electron chi connectivity index (χ2n) is 8.55. The zero-order valence-electron chi connectivity index (χ0n) is 15.2. The molecule has 3 aliphatic rings. The fraction of sp³-hybridized carbons (Fsp3) is 0.417. The van der Waals surface area contributed by atoms with Crippen LogP contribution in [-0.4, -0.2) is 6.61 Å². The van der Waals surface area contributed by atoms with Crippen molar-refractivity contribution in [1.82, 2.24) is 0 Å². The van der Waals surface area contributed by atoms with E-state index < -0.39 is 0 Å². The summed E-state index contributed by atoms with van der Waals surface area (Å²) in [5.74, 6) is 2.28. The van der Waals surface area contributed by atoms with Gasteiger partial charge in [0.25, 0.3) is 0 Å². The average molecular weight is 330 g/mol. The Morgan fingerprint density at radius 1 is 1.12 bits per heavy atom. The third-order valence-electron chi connectivity index (χ3n) is 6.50. The summed E-state index contributed by atoms with van der Waals surface area (Å²) in [5, 5.41) is 2.76. The first-order valence-corrected chi connectivity index (χ1v) is 9.65. The first-order valence-electron chi connectivity index (χ1n) is 9.65. The molecule has 2 aromatic rings. The minimum Gasteiger partial charge on any atom is -0.371 e. The molecule has 128 valence electrons. The Morgan fingerprint density at radius 3 is 2.84 bits per heavy atom. The summed E-state index contributed by atoms with van der Waals surface area (Å²) in [6.07, 6.45) is 13.1. The van der Waals surface area contributed by atoms with Crippen molar-refractivity contribution in [2.45, 2.75) is 38.7 Å². The molecule has 3 atom stereocenters. The fourth-order valence-electron chi connectivity index (χ4n) is 4.99. The highest BCUT2D eigenvalue weighted by molar-refractivity contribution is 5.95. The molecule has 3 unspecified atom stereocenters. The molecule has 0 spiro atoms. The van der Waals surface area contributed by atoms with Crippen LogP contribution in [0, 0.1) is 17.8 Å².